The van der Waals surface area contributed by atoms with Crippen molar-refractivity contribution in [3.8, 4) is 0 Å². The van der Waals surface area contributed by atoms with E-state index in [2.05, 4.69) is 10.1 Å². The van der Waals surface area contributed by atoms with Crippen LogP contribution in [-0.2, 0) is 30.4 Å². The molecule has 0 aliphatic rings. The molecule has 0 heterocycles. The van der Waals surface area contributed by atoms with Crippen LogP contribution in [0.4, 0.5) is 15.3 Å². The SMILES string of the molecule is O=C(CC[C@H](NC(=O)OCC(Cl)(Cl)Cl)C(=O)OCc1ccc([N+](=O)[O-])cc1)NC(=O)OCC(Cl)(Cl)Cl. The van der Waals surface area contributed by atoms with Gasteiger partial charge in [0.25, 0.3) is 5.69 Å². The van der Waals surface area contributed by atoms with E-state index >= 15 is 0 Å². The Morgan fingerprint density at radius 1 is 0.889 bits per heavy atom. The Balaban J connectivity index is 2.73. The lowest BCUT2D eigenvalue weighted by molar-refractivity contribution is -0.384. The summed E-state index contributed by atoms with van der Waals surface area (Å²) in [5, 5.41) is 14.7. The average molecular weight is 632 g/mol. The molecule has 1 aromatic carbocycles. The number of nitro benzene ring substituents is 1. The predicted octanol–water partition coefficient (Wildman–Crippen LogP) is 4.51. The fraction of sp³-hybridized carbons (Fsp3) is 0.444. The number of nitrogens with one attached hydrogen (secondary N) is 2. The molecule has 0 aliphatic heterocycles. The van der Waals surface area contributed by atoms with E-state index in [4.69, 9.17) is 79.1 Å². The largest absolute Gasteiger partial charge is 0.459 e. The van der Waals surface area contributed by atoms with Crippen LogP contribution in [0.5, 0.6) is 0 Å². The monoisotopic (exact) mass is 629 g/mol. The summed E-state index contributed by atoms with van der Waals surface area (Å²) in [5.41, 5.74) is 0.237. The number of halogens is 6. The van der Waals surface area contributed by atoms with Crippen molar-refractivity contribution in [2.75, 3.05) is 13.2 Å². The summed E-state index contributed by atoms with van der Waals surface area (Å²) in [6.45, 7) is -1.59. The Labute approximate surface area is 233 Å². The molecule has 0 unspecified atom stereocenters. The van der Waals surface area contributed by atoms with Crippen molar-refractivity contribution >= 4 is 99.4 Å². The third-order valence-electron chi connectivity index (χ3n) is 3.74. The van der Waals surface area contributed by atoms with E-state index in [0.29, 0.717) is 5.56 Å². The van der Waals surface area contributed by atoms with Gasteiger partial charge in [0.2, 0.25) is 13.5 Å². The Bertz CT molecular complexity index is 951. The third-order valence-corrected chi connectivity index (χ3v) is 4.39. The number of hydrogen-bond donors (Lipinski definition) is 2. The van der Waals surface area contributed by atoms with Gasteiger partial charge in [-0.3, -0.25) is 20.2 Å². The molecule has 0 aliphatic carbocycles. The van der Waals surface area contributed by atoms with Gasteiger partial charge in [-0.05, 0) is 24.1 Å². The number of ether oxygens (including phenoxy) is 3. The van der Waals surface area contributed by atoms with E-state index in [0.717, 1.165) is 0 Å². The van der Waals surface area contributed by atoms with E-state index in [1.54, 1.807) is 0 Å². The molecule has 0 saturated heterocycles. The number of carbonyl (C=O) groups excluding carboxylic acids is 4. The van der Waals surface area contributed by atoms with E-state index in [9.17, 15) is 29.3 Å². The molecule has 3 amide bonds. The highest BCUT2D eigenvalue weighted by Gasteiger charge is 2.28. The summed E-state index contributed by atoms with van der Waals surface area (Å²) in [5.74, 6) is -1.89. The van der Waals surface area contributed by atoms with Crippen LogP contribution in [0.15, 0.2) is 24.3 Å². The van der Waals surface area contributed by atoms with Crippen LogP contribution in [0, 0.1) is 10.1 Å². The number of hydrogen-bond acceptors (Lipinski definition) is 9. The Morgan fingerprint density at radius 2 is 1.42 bits per heavy atom. The number of nitrogens with zero attached hydrogens (tertiary/aromatic N) is 1. The number of rotatable bonds is 10. The van der Waals surface area contributed by atoms with Gasteiger partial charge in [0.15, 0.2) is 0 Å². The highest BCUT2D eigenvalue weighted by molar-refractivity contribution is 6.68. The fourth-order valence-corrected chi connectivity index (χ4v) is 2.51. The zero-order valence-electron chi connectivity index (χ0n) is 17.8. The summed E-state index contributed by atoms with van der Waals surface area (Å²) in [4.78, 5) is 58.2. The normalized spacial score (nSPS) is 12.2. The molecule has 12 nitrogen and oxygen atoms in total. The Morgan fingerprint density at radius 3 is 1.92 bits per heavy atom. The van der Waals surface area contributed by atoms with E-state index < -0.39 is 62.2 Å². The van der Waals surface area contributed by atoms with Crippen LogP contribution in [-0.4, -0.2) is 55.8 Å². The minimum Gasteiger partial charge on any atom is -0.459 e. The standard InChI is InChI=1S/C18H17Cl6N3O9/c19-17(20,21)8-35-15(30)25-12(5-6-13(28)26-16(31)36-9-18(22,23)24)14(29)34-7-10-1-3-11(4-2-10)27(32)33/h1-4,12H,5-9H2,(H,25,30)(H,26,28,31)/t12-/m0/s1. The molecule has 0 fully saturated rings. The first-order valence-corrected chi connectivity index (χ1v) is 11.8. The molecule has 36 heavy (non-hydrogen) atoms. The summed E-state index contributed by atoms with van der Waals surface area (Å²) >= 11 is 32.8. The minimum absolute atomic E-state index is 0.167. The number of alkyl halides is 6. The number of non-ortho nitro benzene ring substituents is 1. The highest BCUT2D eigenvalue weighted by Crippen LogP contribution is 2.26. The van der Waals surface area contributed by atoms with Crippen molar-refractivity contribution in [3.63, 3.8) is 0 Å². The van der Waals surface area contributed by atoms with E-state index in [-0.39, 0.29) is 18.7 Å². The molecule has 0 bridgehead atoms. The van der Waals surface area contributed by atoms with Crippen molar-refractivity contribution in [2.45, 2.75) is 33.1 Å². The number of alkyl carbamates (subject to hydrolysis) is 2. The van der Waals surface area contributed by atoms with Gasteiger partial charge >= 0.3 is 18.2 Å². The van der Waals surface area contributed by atoms with Crippen molar-refractivity contribution in [1.29, 1.82) is 0 Å². The summed E-state index contributed by atoms with van der Waals surface area (Å²) in [6, 6.07) is 3.70. The van der Waals surface area contributed by atoms with Crippen molar-refractivity contribution < 1.29 is 38.3 Å². The van der Waals surface area contributed by atoms with Crippen molar-refractivity contribution in [3.05, 3.63) is 39.9 Å². The second kappa shape index (κ2) is 14.7. The van der Waals surface area contributed by atoms with Gasteiger partial charge in [0.1, 0.15) is 25.9 Å². The van der Waals surface area contributed by atoms with Gasteiger partial charge < -0.3 is 19.5 Å². The quantitative estimate of drug-likeness (QED) is 0.124. The molecule has 18 heteroatoms. The maximum absolute atomic E-state index is 12.5. The van der Waals surface area contributed by atoms with Gasteiger partial charge in [-0.15, -0.1) is 0 Å². The van der Waals surface area contributed by atoms with Crippen LogP contribution in [0.3, 0.4) is 0 Å². The maximum Gasteiger partial charge on any atom is 0.413 e. The minimum atomic E-state index is -1.92. The number of imide groups is 1. The maximum atomic E-state index is 12.5. The number of esters is 1. The molecule has 0 spiro atoms. The lowest BCUT2D eigenvalue weighted by Gasteiger charge is -2.18. The number of carbonyl (C=O) groups is 4. The smallest absolute Gasteiger partial charge is 0.413 e. The number of amides is 3. The summed E-state index contributed by atoms with van der Waals surface area (Å²) in [6.07, 6.45) is -3.20. The Hall–Kier alpha value is -1.96. The fourth-order valence-electron chi connectivity index (χ4n) is 2.18. The molecule has 0 radical (unpaired) electrons. The first-order chi connectivity index (χ1) is 16.6. The molecule has 1 aromatic rings. The average Bonchev–Trinajstić information content (AvgIpc) is 2.76. The summed E-state index contributed by atoms with van der Waals surface area (Å²) in [7, 11) is 0. The van der Waals surface area contributed by atoms with Gasteiger partial charge in [-0.1, -0.05) is 69.6 Å². The molecule has 200 valence electrons. The molecule has 1 rings (SSSR count). The van der Waals surface area contributed by atoms with E-state index in [1.807, 2.05) is 5.32 Å². The van der Waals surface area contributed by atoms with Crippen LogP contribution in [0.2, 0.25) is 0 Å². The number of nitro groups is 1. The zero-order valence-corrected chi connectivity index (χ0v) is 22.3. The van der Waals surface area contributed by atoms with Crippen molar-refractivity contribution in [2.24, 2.45) is 0 Å². The van der Waals surface area contributed by atoms with Crippen LogP contribution >= 0.6 is 69.6 Å². The number of benzene rings is 1. The van der Waals surface area contributed by atoms with Gasteiger partial charge in [0.05, 0.1) is 4.92 Å². The molecular weight excluding hydrogens is 615 g/mol. The molecule has 0 saturated carbocycles. The van der Waals surface area contributed by atoms with Crippen LogP contribution < -0.4 is 10.6 Å². The Kier molecular flexibility index (Phi) is 13.1. The third kappa shape index (κ3) is 14.6. The first-order valence-electron chi connectivity index (χ1n) is 9.49. The first kappa shape index (κ1) is 32.1. The van der Waals surface area contributed by atoms with Gasteiger partial charge in [-0.25, -0.2) is 14.4 Å². The predicted molar refractivity (Wildman–Crippen MR) is 130 cm³/mol. The van der Waals surface area contributed by atoms with Gasteiger partial charge in [0, 0.05) is 18.6 Å². The molecule has 0 aromatic heterocycles. The highest BCUT2D eigenvalue weighted by atomic mass is 35.6. The van der Waals surface area contributed by atoms with Gasteiger partial charge in [-0.2, -0.15) is 0 Å². The zero-order chi connectivity index (χ0) is 27.5. The molecule has 2 N–H and O–H groups in total. The lowest BCUT2D eigenvalue weighted by Crippen LogP contribution is -2.43. The molecular formula is C18H17Cl6N3O9. The lowest BCUT2D eigenvalue weighted by atomic mass is 10.1. The van der Waals surface area contributed by atoms with Crippen LogP contribution in [0.1, 0.15) is 18.4 Å². The topological polar surface area (TPSA) is 163 Å². The van der Waals surface area contributed by atoms with Crippen molar-refractivity contribution in [1.82, 2.24) is 10.6 Å². The van der Waals surface area contributed by atoms with Crippen LogP contribution in [0.25, 0.3) is 0 Å². The second-order valence-corrected chi connectivity index (χ2v) is 11.7. The summed E-state index contributed by atoms with van der Waals surface area (Å²) < 4.78 is 10.5. The second-order valence-electron chi connectivity index (χ2n) is 6.70. The van der Waals surface area contributed by atoms with E-state index in [1.165, 1.54) is 24.3 Å². The molecule has 1 atom stereocenters.